The first-order chi connectivity index (χ1) is 11.5. The molecular formula is C17H17N7. The van der Waals surface area contributed by atoms with Crippen LogP contribution >= 0.6 is 0 Å². The van der Waals surface area contributed by atoms with Crippen molar-refractivity contribution in [1.29, 1.82) is 0 Å². The Morgan fingerprint density at radius 1 is 0.958 bits per heavy atom. The maximum Gasteiger partial charge on any atom is 0.182 e. The summed E-state index contributed by atoms with van der Waals surface area (Å²) in [5, 5.41) is 9.78. The first-order valence-corrected chi connectivity index (χ1v) is 7.66. The second-order valence-electron chi connectivity index (χ2n) is 5.85. The molecule has 0 aliphatic heterocycles. The average Bonchev–Trinajstić information content (AvgIpc) is 3.11. The minimum atomic E-state index is 0.700. The molecule has 0 N–H and O–H groups in total. The molecule has 0 saturated carbocycles. The number of fused-ring (bicyclic) bond motifs is 1. The molecule has 0 bridgehead atoms. The fourth-order valence-electron chi connectivity index (χ4n) is 2.83. The molecule has 7 heteroatoms. The van der Waals surface area contributed by atoms with Gasteiger partial charge in [-0.05, 0) is 26.0 Å². The standard InChI is InChI=1S/C17H17N7/c1-10-8-19-14(9-18-10)12-7-13(15-5-6-20-24(15)4)21-17-16(12)11(2)23(3)22-17/h5-9H,1-4H3. The first kappa shape index (κ1) is 14.5. The zero-order valence-electron chi connectivity index (χ0n) is 14.0. The lowest BCUT2D eigenvalue weighted by atomic mass is 10.1. The highest BCUT2D eigenvalue weighted by Crippen LogP contribution is 2.32. The SMILES string of the molecule is Cc1cnc(-c2cc(-c3ccnn3C)nc3nn(C)c(C)c23)cn1. The predicted octanol–water partition coefficient (Wildman–Crippen LogP) is 2.44. The van der Waals surface area contributed by atoms with Crippen LogP contribution in [0, 0.1) is 13.8 Å². The van der Waals surface area contributed by atoms with Crippen LogP contribution in [0.15, 0.2) is 30.7 Å². The molecule has 0 aliphatic carbocycles. The second-order valence-corrected chi connectivity index (χ2v) is 5.85. The lowest BCUT2D eigenvalue weighted by molar-refractivity contribution is 0.747. The van der Waals surface area contributed by atoms with E-state index in [0.29, 0.717) is 5.65 Å². The summed E-state index contributed by atoms with van der Waals surface area (Å²) in [4.78, 5) is 13.6. The van der Waals surface area contributed by atoms with Crippen molar-refractivity contribution >= 4 is 11.0 Å². The zero-order chi connectivity index (χ0) is 16.8. The van der Waals surface area contributed by atoms with Crippen molar-refractivity contribution in [2.45, 2.75) is 13.8 Å². The monoisotopic (exact) mass is 319 g/mol. The summed E-state index contributed by atoms with van der Waals surface area (Å²) in [5.41, 5.74) is 6.18. The topological polar surface area (TPSA) is 74.3 Å². The first-order valence-electron chi connectivity index (χ1n) is 7.66. The van der Waals surface area contributed by atoms with Gasteiger partial charge in [-0.2, -0.15) is 10.2 Å². The van der Waals surface area contributed by atoms with Gasteiger partial charge >= 0.3 is 0 Å². The van der Waals surface area contributed by atoms with Gasteiger partial charge in [0.25, 0.3) is 0 Å². The van der Waals surface area contributed by atoms with Crippen LogP contribution in [0.2, 0.25) is 0 Å². The molecule has 0 radical (unpaired) electrons. The van der Waals surface area contributed by atoms with Crippen LogP contribution in [-0.4, -0.2) is 34.5 Å². The van der Waals surface area contributed by atoms with Gasteiger partial charge in [0.1, 0.15) is 0 Å². The molecule has 0 saturated heterocycles. The van der Waals surface area contributed by atoms with E-state index in [-0.39, 0.29) is 0 Å². The smallest absolute Gasteiger partial charge is 0.182 e. The Balaban J connectivity index is 2.05. The number of rotatable bonds is 2. The highest BCUT2D eigenvalue weighted by atomic mass is 15.3. The van der Waals surface area contributed by atoms with Crippen molar-refractivity contribution in [3.05, 3.63) is 42.1 Å². The summed E-state index contributed by atoms with van der Waals surface area (Å²) in [6, 6.07) is 3.97. The number of aromatic nitrogens is 7. The molecule has 120 valence electrons. The van der Waals surface area contributed by atoms with Crippen LogP contribution in [0.25, 0.3) is 33.7 Å². The number of nitrogens with zero attached hydrogens (tertiary/aromatic N) is 7. The van der Waals surface area contributed by atoms with E-state index in [4.69, 9.17) is 4.98 Å². The van der Waals surface area contributed by atoms with Crippen LogP contribution < -0.4 is 0 Å². The summed E-state index contributed by atoms with van der Waals surface area (Å²) in [6.07, 6.45) is 5.33. The summed E-state index contributed by atoms with van der Waals surface area (Å²) < 4.78 is 3.64. The van der Waals surface area contributed by atoms with Crippen molar-refractivity contribution in [2.75, 3.05) is 0 Å². The van der Waals surface area contributed by atoms with Gasteiger partial charge in [-0.25, -0.2) is 4.98 Å². The summed E-state index contributed by atoms with van der Waals surface area (Å²) in [7, 11) is 3.82. The average molecular weight is 319 g/mol. The lowest BCUT2D eigenvalue weighted by Gasteiger charge is -2.07. The minimum absolute atomic E-state index is 0.700. The quantitative estimate of drug-likeness (QED) is 0.567. The normalized spacial score (nSPS) is 11.3. The van der Waals surface area contributed by atoms with Gasteiger partial charge < -0.3 is 0 Å². The molecule has 0 aliphatic rings. The van der Waals surface area contributed by atoms with E-state index in [0.717, 1.165) is 39.4 Å². The van der Waals surface area contributed by atoms with E-state index in [1.807, 2.05) is 44.8 Å². The molecule has 0 atom stereocenters. The van der Waals surface area contributed by atoms with E-state index in [1.165, 1.54) is 0 Å². The molecule has 0 unspecified atom stereocenters. The van der Waals surface area contributed by atoms with E-state index in [9.17, 15) is 0 Å². The molecule has 0 fully saturated rings. The van der Waals surface area contributed by atoms with Crippen molar-refractivity contribution in [3.63, 3.8) is 0 Å². The third kappa shape index (κ3) is 2.17. The van der Waals surface area contributed by atoms with Crippen LogP contribution in [0.3, 0.4) is 0 Å². The summed E-state index contributed by atoms with van der Waals surface area (Å²) in [5.74, 6) is 0. The van der Waals surface area contributed by atoms with E-state index >= 15 is 0 Å². The summed E-state index contributed by atoms with van der Waals surface area (Å²) in [6.45, 7) is 3.96. The van der Waals surface area contributed by atoms with Crippen LogP contribution in [-0.2, 0) is 14.1 Å². The number of aryl methyl sites for hydroxylation is 4. The van der Waals surface area contributed by atoms with Gasteiger partial charge in [-0.1, -0.05) is 0 Å². The van der Waals surface area contributed by atoms with Crippen LogP contribution in [0.4, 0.5) is 0 Å². The fourth-order valence-corrected chi connectivity index (χ4v) is 2.83. The van der Waals surface area contributed by atoms with Gasteiger partial charge in [0, 0.05) is 37.7 Å². The number of hydrogen-bond acceptors (Lipinski definition) is 5. The van der Waals surface area contributed by atoms with E-state index in [2.05, 4.69) is 20.2 Å². The van der Waals surface area contributed by atoms with Crippen molar-refractivity contribution in [3.8, 4) is 22.6 Å². The van der Waals surface area contributed by atoms with Gasteiger partial charge in [-0.15, -0.1) is 0 Å². The van der Waals surface area contributed by atoms with Crippen LogP contribution in [0.5, 0.6) is 0 Å². The Labute approximate surface area is 139 Å². The lowest BCUT2D eigenvalue weighted by Crippen LogP contribution is -1.97. The van der Waals surface area contributed by atoms with Gasteiger partial charge in [0.05, 0.1) is 34.4 Å². The molecule has 24 heavy (non-hydrogen) atoms. The Morgan fingerprint density at radius 3 is 2.46 bits per heavy atom. The minimum Gasteiger partial charge on any atom is -0.270 e. The highest BCUT2D eigenvalue weighted by Gasteiger charge is 2.17. The van der Waals surface area contributed by atoms with Crippen molar-refractivity contribution < 1.29 is 0 Å². The summed E-state index contributed by atoms with van der Waals surface area (Å²) >= 11 is 0. The van der Waals surface area contributed by atoms with E-state index < -0.39 is 0 Å². The van der Waals surface area contributed by atoms with Gasteiger partial charge in [0.15, 0.2) is 5.65 Å². The molecule has 0 amide bonds. The van der Waals surface area contributed by atoms with E-state index in [1.54, 1.807) is 23.3 Å². The molecule has 4 rings (SSSR count). The predicted molar refractivity (Wildman–Crippen MR) is 91.2 cm³/mol. The molecule has 4 aromatic rings. The molecule has 0 spiro atoms. The molecular weight excluding hydrogens is 302 g/mol. The fraction of sp³-hybridized carbons (Fsp3) is 0.235. The maximum absolute atomic E-state index is 4.72. The maximum atomic E-state index is 4.72. The van der Waals surface area contributed by atoms with Crippen LogP contribution in [0.1, 0.15) is 11.4 Å². The zero-order valence-corrected chi connectivity index (χ0v) is 14.0. The highest BCUT2D eigenvalue weighted by molar-refractivity contribution is 5.95. The van der Waals surface area contributed by atoms with Gasteiger partial charge in [0.2, 0.25) is 0 Å². The Morgan fingerprint density at radius 2 is 1.79 bits per heavy atom. The molecule has 7 nitrogen and oxygen atoms in total. The second kappa shape index (κ2) is 5.23. The third-order valence-electron chi connectivity index (χ3n) is 4.23. The van der Waals surface area contributed by atoms with Crippen molar-refractivity contribution in [1.82, 2.24) is 34.5 Å². The largest absolute Gasteiger partial charge is 0.270 e. The molecule has 4 aromatic heterocycles. The third-order valence-corrected chi connectivity index (χ3v) is 4.23. The molecule has 4 heterocycles. The number of hydrogen-bond donors (Lipinski definition) is 0. The Hall–Kier alpha value is -3.09. The molecule has 0 aromatic carbocycles. The van der Waals surface area contributed by atoms with Gasteiger partial charge in [-0.3, -0.25) is 19.3 Å². The van der Waals surface area contributed by atoms with Crippen molar-refractivity contribution in [2.24, 2.45) is 14.1 Å². The Bertz CT molecular complexity index is 1040. The number of pyridine rings is 1. The Kier molecular flexibility index (Phi) is 3.16.